The summed E-state index contributed by atoms with van der Waals surface area (Å²) >= 11 is 3.34. The van der Waals surface area contributed by atoms with Gasteiger partial charge in [-0.3, -0.25) is 0 Å². The van der Waals surface area contributed by atoms with Gasteiger partial charge < -0.3 is 0 Å². The fourth-order valence-corrected chi connectivity index (χ4v) is 1.92. The lowest BCUT2D eigenvalue weighted by Gasteiger charge is -2.28. The summed E-state index contributed by atoms with van der Waals surface area (Å²) in [5.74, 6) is 0.279. The molecule has 0 aromatic heterocycles. The van der Waals surface area contributed by atoms with Crippen LogP contribution < -0.4 is 0 Å². The lowest BCUT2D eigenvalue weighted by Crippen LogP contribution is -2.17. The van der Waals surface area contributed by atoms with Crippen molar-refractivity contribution in [2.45, 2.75) is 25.4 Å². The standard InChI is InChI=1S/C11H12BrF/c12-10-6-4-9(5-7-10)11(13)8-2-1-3-8/h4-8,11H,1-3H2. The Kier molecular flexibility index (Phi) is 2.68. The molecule has 0 amide bonds. The Bertz CT molecular complexity index is 277. The molecule has 2 rings (SSSR count). The second-order valence-corrected chi connectivity index (χ2v) is 4.56. The summed E-state index contributed by atoms with van der Waals surface area (Å²) in [4.78, 5) is 0. The van der Waals surface area contributed by atoms with Crippen LogP contribution in [0, 0.1) is 5.92 Å². The van der Waals surface area contributed by atoms with Crippen LogP contribution in [0.3, 0.4) is 0 Å². The van der Waals surface area contributed by atoms with E-state index in [1.54, 1.807) is 0 Å². The van der Waals surface area contributed by atoms with Gasteiger partial charge >= 0.3 is 0 Å². The fourth-order valence-electron chi connectivity index (χ4n) is 1.65. The smallest absolute Gasteiger partial charge is 0.128 e. The van der Waals surface area contributed by atoms with E-state index < -0.39 is 6.17 Å². The zero-order chi connectivity index (χ0) is 9.26. The monoisotopic (exact) mass is 242 g/mol. The van der Waals surface area contributed by atoms with Crippen molar-refractivity contribution in [3.63, 3.8) is 0 Å². The van der Waals surface area contributed by atoms with Gasteiger partial charge in [0.25, 0.3) is 0 Å². The van der Waals surface area contributed by atoms with Crippen LogP contribution in [0.2, 0.25) is 0 Å². The van der Waals surface area contributed by atoms with Crippen LogP contribution in [0.4, 0.5) is 4.39 Å². The molecule has 0 aliphatic heterocycles. The molecule has 70 valence electrons. The third-order valence-electron chi connectivity index (χ3n) is 2.75. The Labute approximate surface area is 86.3 Å². The minimum atomic E-state index is -0.748. The van der Waals surface area contributed by atoms with Crippen molar-refractivity contribution in [3.05, 3.63) is 34.3 Å². The summed E-state index contributed by atoms with van der Waals surface area (Å²) < 4.78 is 14.7. The maximum atomic E-state index is 13.7. The minimum absolute atomic E-state index is 0.279. The Morgan fingerprint density at radius 2 is 1.85 bits per heavy atom. The number of halogens is 2. The maximum absolute atomic E-state index is 13.7. The van der Waals surface area contributed by atoms with Gasteiger partial charge in [-0.2, -0.15) is 0 Å². The van der Waals surface area contributed by atoms with Crippen molar-refractivity contribution in [2.75, 3.05) is 0 Å². The molecule has 1 aromatic carbocycles. The molecule has 1 unspecified atom stereocenters. The highest BCUT2D eigenvalue weighted by molar-refractivity contribution is 9.10. The molecule has 0 N–H and O–H groups in total. The van der Waals surface area contributed by atoms with Crippen molar-refractivity contribution in [1.29, 1.82) is 0 Å². The van der Waals surface area contributed by atoms with E-state index in [9.17, 15) is 4.39 Å². The molecule has 0 nitrogen and oxygen atoms in total. The lowest BCUT2D eigenvalue weighted by atomic mass is 9.79. The summed E-state index contributed by atoms with van der Waals surface area (Å²) in [7, 11) is 0. The van der Waals surface area contributed by atoms with Gasteiger partial charge in [-0.1, -0.05) is 34.5 Å². The molecular formula is C11H12BrF. The van der Waals surface area contributed by atoms with E-state index in [1.165, 1.54) is 6.42 Å². The molecule has 0 spiro atoms. The molecule has 0 heterocycles. The van der Waals surface area contributed by atoms with Gasteiger partial charge in [-0.15, -0.1) is 0 Å². The first-order valence-electron chi connectivity index (χ1n) is 4.67. The topological polar surface area (TPSA) is 0 Å². The number of hydrogen-bond acceptors (Lipinski definition) is 0. The molecule has 1 aromatic rings. The van der Waals surface area contributed by atoms with E-state index in [0.717, 1.165) is 22.9 Å². The minimum Gasteiger partial charge on any atom is -0.242 e. The Balaban J connectivity index is 2.10. The quantitative estimate of drug-likeness (QED) is 0.727. The summed E-state index contributed by atoms with van der Waals surface area (Å²) in [5.41, 5.74) is 0.827. The third kappa shape index (κ3) is 1.93. The fraction of sp³-hybridized carbons (Fsp3) is 0.455. The number of rotatable bonds is 2. The summed E-state index contributed by atoms with van der Waals surface area (Å²) in [5, 5.41) is 0. The highest BCUT2D eigenvalue weighted by Crippen LogP contribution is 2.40. The van der Waals surface area contributed by atoms with Gasteiger partial charge in [0.15, 0.2) is 0 Å². The Morgan fingerprint density at radius 1 is 1.23 bits per heavy atom. The first-order chi connectivity index (χ1) is 6.27. The molecule has 13 heavy (non-hydrogen) atoms. The van der Waals surface area contributed by atoms with Gasteiger partial charge in [-0.05, 0) is 36.5 Å². The molecule has 1 atom stereocenters. The zero-order valence-corrected chi connectivity index (χ0v) is 8.93. The predicted molar refractivity (Wildman–Crippen MR) is 55.3 cm³/mol. The number of alkyl halides is 1. The van der Waals surface area contributed by atoms with Crippen molar-refractivity contribution in [2.24, 2.45) is 5.92 Å². The van der Waals surface area contributed by atoms with Crippen molar-refractivity contribution >= 4 is 15.9 Å². The predicted octanol–water partition coefficient (Wildman–Crippen LogP) is 4.26. The maximum Gasteiger partial charge on any atom is 0.128 e. The van der Waals surface area contributed by atoms with Crippen LogP contribution in [0.1, 0.15) is 31.0 Å². The highest BCUT2D eigenvalue weighted by Gasteiger charge is 2.27. The Hall–Kier alpha value is -0.370. The largest absolute Gasteiger partial charge is 0.242 e. The molecule has 1 fully saturated rings. The Morgan fingerprint density at radius 3 is 2.31 bits per heavy atom. The summed E-state index contributed by atoms with van der Waals surface area (Å²) in [6.45, 7) is 0. The first kappa shape index (κ1) is 9.20. The molecule has 0 radical (unpaired) electrons. The van der Waals surface area contributed by atoms with Crippen LogP contribution in [0.25, 0.3) is 0 Å². The van der Waals surface area contributed by atoms with Crippen LogP contribution in [-0.4, -0.2) is 0 Å². The molecule has 0 bridgehead atoms. The van der Waals surface area contributed by atoms with Gasteiger partial charge in [-0.25, -0.2) is 4.39 Å². The lowest BCUT2D eigenvalue weighted by molar-refractivity contribution is 0.150. The van der Waals surface area contributed by atoms with E-state index in [4.69, 9.17) is 0 Å². The first-order valence-corrected chi connectivity index (χ1v) is 5.46. The molecule has 0 saturated heterocycles. The average Bonchev–Trinajstić information content (AvgIpc) is 2.02. The van der Waals surface area contributed by atoms with E-state index in [-0.39, 0.29) is 5.92 Å². The number of benzene rings is 1. The van der Waals surface area contributed by atoms with Gasteiger partial charge in [0.05, 0.1) is 0 Å². The van der Waals surface area contributed by atoms with Crippen molar-refractivity contribution in [1.82, 2.24) is 0 Å². The molecule has 1 aliphatic carbocycles. The third-order valence-corrected chi connectivity index (χ3v) is 3.28. The van der Waals surface area contributed by atoms with Crippen molar-refractivity contribution < 1.29 is 4.39 Å². The van der Waals surface area contributed by atoms with Crippen LogP contribution in [-0.2, 0) is 0 Å². The second-order valence-electron chi connectivity index (χ2n) is 3.64. The molecular weight excluding hydrogens is 231 g/mol. The number of hydrogen-bond donors (Lipinski definition) is 0. The second kappa shape index (κ2) is 3.79. The summed E-state index contributed by atoms with van der Waals surface area (Å²) in [6.07, 6.45) is 2.55. The molecule has 2 heteroatoms. The van der Waals surface area contributed by atoms with Crippen molar-refractivity contribution in [3.8, 4) is 0 Å². The normalized spacial score (nSPS) is 19.5. The van der Waals surface area contributed by atoms with E-state index in [1.807, 2.05) is 24.3 Å². The average molecular weight is 243 g/mol. The molecule has 1 saturated carbocycles. The van der Waals surface area contributed by atoms with Gasteiger partial charge in [0.1, 0.15) is 6.17 Å². The van der Waals surface area contributed by atoms with Crippen LogP contribution in [0.5, 0.6) is 0 Å². The van der Waals surface area contributed by atoms with Crippen LogP contribution >= 0.6 is 15.9 Å². The SMILES string of the molecule is FC(c1ccc(Br)cc1)C1CCC1. The molecule has 1 aliphatic rings. The van der Waals surface area contributed by atoms with Gasteiger partial charge in [0, 0.05) is 4.47 Å². The van der Waals surface area contributed by atoms with Crippen LogP contribution in [0.15, 0.2) is 28.7 Å². The highest BCUT2D eigenvalue weighted by atomic mass is 79.9. The summed E-state index contributed by atoms with van der Waals surface area (Å²) in [6, 6.07) is 7.54. The van der Waals surface area contributed by atoms with Gasteiger partial charge in [0.2, 0.25) is 0 Å². The van der Waals surface area contributed by atoms with E-state index in [0.29, 0.717) is 0 Å². The zero-order valence-electron chi connectivity index (χ0n) is 7.34. The van der Waals surface area contributed by atoms with E-state index >= 15 is 0 Å². The van der Waals surface area contributed by atoms with E-state index in [2.05, 4.69) is 15.9 Å².